The van der Waals surface area contributed by atoms with E-state index >= 15 is 0 Å². The van der Waals surface area contributed by atoms with Crippen LogP contribution in [0.3, 0.4) is 0 Å². The molecule has 4 aliphatic rings. The highest BCUT2D eigenvalue weighted by molar-refractivity contribution is 9.13. The highest BCUT2D eigenvalue weighted by Gasteiger charge is 2.45. The van der Waals surface area contributed by atoms with E-state index in [0.717, 1.165) is 48.2 Å². The predicted molar refractivity (Wildman–Crippen MR) is 371 cm³/mol. The minimum absolute atomic E-state index is 0. The molecule has 6 aromatic rings. The maximum absolute atomic E-state index is 6.08. The molecule has 0 amide bonds. The monoisotopic (exact) mass is 1290 g/mol. The normalized spacial score (nSPS) is 15.3. The summed E-state index contributed by atoms with van der Waals surface area (Å²) in [7, 11) is -0.503. The lowest BCUT2D eigenvalue weighted by atomic mass is 9.67. The van der Waals surface area contributed by atoms with E-state index in [1.54, 1.807) is 33.8 Å². The largest absolute Gasteiger partial charge is 0.493 e. The zero-order valence-electron chi connectivity index (χ0n) is 50.8. The molecule has 4 aromatic carbocycles. The van der Waals surface area contributed by atoms with Crippen molar-refractivity contribution in [2.75, 3.05) is 26.4 Å². The Morgan fingerprint density at radius 2 is 0.759 bits per heavy atom. The highest BCUT2D eigenvalue weighted by Crippen LogP contribution is 2.56. The second-order valence-corrected chi connectivity index (χ2v) is 27.3. The van der Waals surface area contributed by atoms with Gasteiger partial charge in [-0.25, -0.2) is 0 Å². The number of rotatable bonds is 31. The Bertz CT molecular complexity index is 2650. The molecule has 450 valence electrons. The summed E-state index contributed by atoms with van der Waals surface area (Å²) in [6.07, 6.45) is 39.2. The first-order valence-electron chi connectivity index (χ1n) is 32.8. The van der Waals surface area contributed by atoms with Crippen molar-refractivity contribution >= 4 is 79.7 Å². The average molecular weight is 1290 g/mol. The van der Waals surface area contributed by atoms with E-state index < -0.39 is 0 Å². The molecular weight excluding hydrogens is 1190 g/mol. The van der Waals surface area contributed by atoms with Gasteiger partial charge in [0, 0.05) is 57.0 Å². The Morgan fingerprint density at radius 1 is 0.386 bits per heavy atom. The minimum atomic E-state index is -0.252. The summed E-state index contributed by atoms with van der Waals surface area (Å²) in [6.45, 7) is 12.3. The lowest BCUT2D eigenvalue weighted by Crippen LogP contribution is -2.42. The van der Waals surface area contributed by atoms with Gasteiger partial charge in [-0.3, -0.25) is 0 Å². The first kappa shape index (κ1) is 67.7. The molecule has 2 saturated heterocycles. The predicted octanol–water partition coefficient (Wildman–Crippen LogP) is 22.8. The van der Waals surface area contributed by atoms with Crippen LogP contribution < -0.4 is 10.9 Å². The zero-order chi connectivity index (χ0) is 57.2. The van der Waals surface area contributed by atoms with E-state index in [2.05, 4.69) is 155 Å². The SMILES string of the molecule is Brc1cscc1Br.C.CCCCCCCCC1(CCCCCCCC)c2cc(B3OCCCO3)ccc2-c2ccc(B3OCCCO3)cc21.CCCCCCCCC1(CCCCCCCC)c2ccccc2-c2ccc(-c3ccsc3)cc21. The van der Waals surface area contributed by atoms with Crippen molar-refractivity contribution < 1.29 is 18.6 Å². The second-order valence-electron chi connectivity index (χ2n) is 24.1. The van der Waals surface area contributed by atoms with Crippen LogP contribution in [0.25, 0.3) is 33.4 Å². The van der Waals surface area contributed by atoms with Gasteiger partial charge in [-0.15, -0.1) is 0 Å². The summed E-state index contributed by atoms with van der Waals surface area (Å²) in [5.41, 5.74) is 17.3. The van der Waals surface area contributed by atoms with E-state index in [1.165, 1.54) is 235 Å². The Hall–Kier alpha value is -2.79. The van der Waals surface area contributed by atoms with Crippen LogP contribution in [0.5, 0.6) is 0 Å². The van der Waals surface area contributed by atoms with Gasteiger partial charge in [-0.2, -0.15) is 22.7 Å². The number of hydrogen-bond donors (Lipinski definition) is 0. The molecule has 0 unspecified atom stereocenters. The lowest BCUT2D eigenvalue weighted by molar-refractivity contribution is 0.143. The van der Waals surface area contributed by atoms with Crippen molar-refractivity contribution in [1.29, 1.82) is 0 Å². The molecule has 4 heterocycles. The van der Waals surface area contributed by atoms with E-state index in [4.69, 9.17) is 18.6 Å². The zero-order valence-corrected chi connectivity index (χ0v) is 55.6. The molecule has 0 spiro atoms. The molecule has 10 rings (SSSR count). The van der Waals surface area contributed by atoms with E-state index in [-0.39, 0.29) is 32.5 Å². The molecule has 2 fully saturated rings. The molecule has 0 atom stereocenters. The summed E-state index contributed by atoms with van der Waals surface area (Å²) in [5.74, 6) is 0. The fourth-order valence-corrected chi connectivity index (χ4v) is 16.1. The third kappa shape index (κ3) is 18.4. The number of thiophene rings is 2. The molecule has 2 aromatic heterocycles. The average Bonchev–Trinajstić information content (AvgIpc) is 2.53. The van der Waals surface area contributed by atoms with Crippen molar-refractivity contribution in [3.8, 4) is 33.4 Å². The standard InChI is InChI=1S/C35H52B2O4.C33H44S.C4H2Br2S.CH4/c1-3-5-7-9-11-13-21-35(22-14-12-10-8-6-4-2)33-27-29(36-38-23-15-24-39-36)17-19-31(33)32-20-18-30(28-34(32)35)37-40-25-16-26-41-37;1-3-5-7-9-11-15-22-33(23-16-12-10-8-6-4-2)31-18-14-13-17-29(31)30-20-19-27(25-32(30)33)28-21-24-34-26-28;5-3-1-7-2-4(3)6;/h17-20,27-28H,3-16,21-26H2,1-2H3;13-14,17-21,24-26H,3-12,15-16,22-23H2,1-2H3;1-2H;1H4. The molecule has 2 aliphatic carbocycles. The molecule has 10 heteroatoms. The van der Waals surface area contributed by atoms with E-state index in [0.29, 0.717) is 0 Å². The van der Waals surface area contributed by atoms with Crippen LogP contribution in [-0.4, -0.2) is 40.7 Å². The third-order valence-electron chi connectivity index (χ3n) is 18.1. The highest BCUT2D eigenvalue weighted by atomic mass is 79.9. The number of hydrogen-bond acceptors (Lipinski definition) is 6. The van der Waals surface area contributed by atoms with Gasteiger partial charge in [-0.05, 0) is 160 Å². The molecule has 0 saturated carbocycles. The fourth-order valence-electron chi connectivity index (χ4n) is 13.7. The van der Waals surface area contributed by atoms with Crippen LogP contribution in [0.15, 0.2) is 115 Å². The first-order valence-corrected chi connectivity index (χ1v) is 36.2. The van der Waals surface area contributed by atoms with Gasteiger partial charge in [0.05, 0.1) is 0 Å². The van der Waals surface area contributed by atoms with Crippen LogP contribution in [0, 0.1) is 0 Å². The quantitative estimate of drug-likeness (QED) is 0.0321. The summed E-state index contributed by atoms with van der Waals surface area (Å²) in [6, 6.07) is 33.0. The van der Waals surface area contributed by atoms with Crippen molar-refractivity contribution in [3.63, 3.8) is 0 Å². The number of halogens is 2. The molecule has 0 radical (unpaired) electrons. The number of benzene rings is 4. The molecule has 2 aliphatic heterocycles. The van der Waals surface area contributed by atoms with Crippen LogP contribution >= 0.6 is 54.5 Å². The molecular formula is C73H102B2Br2O4S2. The Kier molecular flexibility index (Phi) is 29.8. The first-order chi connectivity index (χ1) is 40.4. The maximum atomic E-state index is 6.08. The van der Waals surface area contributed by atoms with Crippen LogP contribution in [0.4, 0.5) is 0 Å². The topological polar surface area (TPSA) is 36.9 Å². The van der Waals surface area contributed by atoms with Gasteiger partial charge >= 0.3 is 14.2 Å². The Labute approximate surface area is 530 Å². The van der Waals surface area contributed by atoms with Gasteiger partial charge in [0.1, 0.15) is 0 Å². The van der Waals surface area contributed by atoms with Crippen molar-refractivity contribution in [1.82, 2.24) is 0 Å². The van der Waals surface area contributed by atoms with Gasteiger partial charge < -0.3 is 18.6 Å². The summed E-state index contributed by atoms with van der Waals surface area (Å²) in [5, 5.41) is 8.57. The smallest absolute Gasteiger partial charge is 0.407 e. The van der Waals surface area contributed by atoms with Crippen molar-refractivity contribution in [3.05, 3.63) is 138 Å². The lowest BCUT2D eigenvalue weighted by Gasteiger charge is -2.34. The van der Waals surface area contributed by atoms with Crippen molar-refractivity contribution in [2.45, 2.75) is 239 Å². The summed E-state index contributed by atoms with van der Waals surface area (Å²) < 4.78 is 26.6. The Morgan fingerprint density at radius 3 is 1.16 bits per heavy atom. The third-order valence-corrected chi connectivity index (χ3v) is 22.0. The minimum Gasteiger partial charge on any atom is -0.407 e. The van der Waals surface area contributed by atoms with E-state index in [9.17, 15) is 0 Å². The number of unbranched alkanes of at least 4 members (excludes halogenated alkanes) is 20. The Balaban J connectivity index is 0.000000213. The maximum Gasteiger partial charge on any atom is 0.493 e. The van der Waals surface area contributed by atoms with Gasteiger partial charge in [-0.1, -0.05) is 262 Å². The van der Waals surface area contributed by atoms with Crippen LogP contribution in [0.2, 0.25) is 0 Å². The fraction of sp³-hybridized carbons (Fsp3) is 0.562. The van der Waals surface area contributed by atoms with E-state index in [1.807, 2.05) is 10.8 Å². The molecule has 0 bridgehead atoms. The van der Waals surface area contributed by atoms with Crippen LogP contribution in [-0.2, 0) is 29.4 Å². The van der Waals surface area contributed by atoms with Crippen molar-refractivity contribution in [2.24, 2.45) is 0 Å². The molecule has 0 N–H and O–H groups in total. The summed E-state index contributed by atoms with van der Waals surface area (Å²) in [4.78, 5) is 0. The van der Waals surface area contributed by atoms with Gasteiger partial charge in [0.2, 0.25) is 0 Å². The van der Waals surface area contributed by atoms with Gasteiger partial charge in [0.25, 0.3) is 0 Å². The molecule has 4 nitrogen and oxygen atoms in total. The summed E-state index contributed by atoms with van der Waals surface area (Å²) >= 11 is 10.1. The van der Waals surface area contributed by atoms with Gasteiger partial charge in [0.15, 0.2) is 0 Å². The molecule has 83 heavy (non-hydrogen) atoms. The van der Waals surface area contributed by atoms with Crippen LogP contribution in [0.1, 0.15) is 250 Å². The second kappa shape index (κ2) is 36.5. The number of fused-ring (bicyclic) bond motifs is 6.